The van der Waals surface area contributed by atoms with Crippen molar-refractivity contribution in [3.63, 3.8) is 0 Å². The maximum Gasteiger partial charge on any atom is 0.201 e. The van der Waals surface area contributed by atoms with Crippen molar-refractivity contribution in [1.82, 2.24) is 0 Å². The molecular weight excluding hydrogens is 328 g/mol. The lowest BCUT2D eigenvalue weighted by molar-refractivity contribution is 0.0620. The zero-order valence-electron chi connectivity index (χ0n) is 16.4. The van der Waals surface area contributed by atoms with Gasteiger partial charge in [0, 0.05) is 11.5 Å². The van der Waals surface area contributed by atoms with Gasteiger partial charge in [-0.15, -0.1) is 0 Å². The molecule has 0 unspecified atom stereocenters. The zero-order valence-corrected chi connectivity index (χ0v) is 17.4. The summed E-state index contributed by atoms with van der Waals surface area (Å²) in [5.74, 6) is 0.354. The van der Waals surface area contributed by atoms with E-state index < -0.39 is 8.32 Å². The molecule has 1 saturated heterocycles. The first-order chi connectivity index (χ1) is 11.8. The number of Topliss-reactive ketones (excluding diaryl/α,β-unsaturated/α-hetero) is 1. The molecule has 138 valence electrons. The molecule has 3 rings (SSSR count). The quantitative estimate of drug-likeness (QED) is 0.661. The second-order valence-corrected chi connectivity index (χ2v) is 14.0. The molecule has 3 atom stereocenters. The normalized spacial score (nSPS) is 26.4. The Morgan fingerprint density at radius 2 is 1.60 bits per heavy atom. The summed E-state index contributed by atoms with van der Waals surface area (Å²) < 4.78 is 12.9. The number of benzene rings is 1. The minimum absolute atomic E-state index is 0.0136. The Kier molecular flexibility index (Phi) is 5.25. The summed E-state index contributed by atoms with van der Waals surface area (Å²) in [5.41, 5.74) is 3.51. The van der Waals surface area contributed by atoms with E-state index in [0.29, 0.717) is 29.8 Å². The van der Waals surface area contributed by atoms with Gasteiger partial charge < -0.3 is 9.16 Å². The molecule has 0 N–H and O–H groups in total. The van der Waals surface area contributed by atoms with E-state index in [4.69, 9.17) is 9.16 Å². The SMILES string of the molecule is CC(C)[Si](O[C@H]1c2ccccc2C(=O)[C@@H]2COC[C@@H]21)(C(C)C)C(C)C. The van der Waals surface area contributed by atoms with Gasteiger partial charge in [-0.05, 0) is 22.2 Å². The van der Waals surface area contributed by atoms with E-state index in [1.165, 1.54) is 0 Å². The summed E-state index contributed by atoms with van der Waals surface area (Å²) in [6.07, 6.45) is -0.0136. The Bertz CT molecular complexity index is 616. The predicted molar refractivity (Wildman–Crippen MR) is 103 cm³/mol. The van der Waals surface area contributed by atoms with Crippen molar-refractivity contribution >= 4 is 14.1 Å². The largest absolute Gasteiger partial charge is 0.409 e. The second kappa shape index (κ2) is 6.97. The first-order valence-electron chi connectivity index (χ1n) is 9.69. The van der Waals surface area contributed by atoms with Crippen LogP contribution in [0.4, 0.5) is 0 Å². The van der Waals surface area contributed by atoms with Crippen molar-refractivity contribution in [3.8, 4) is 0 Å². The molecule has 2 aliphatic rings. The van der Waals surface area contributed by atoms with Gasteiger partial charge in [0.2, 0.25) is 8.32 Å². The zero-order chi connectivity index (χ0) is 18.4. The third-order valence-electron chi connectivity index (χ3n) is 6.42. The molecule has 0 saturated carbocycles. The lowest BCUT2D eigenvalue weighted by Gasteiger charge is -2.47. The molecule has 1 aromatic carbocycles. The van der Waals surface area contributed by atoms with Gasteiger partial charge in [-0.3, -0.25) is 4.79 Å². The van der Waals surface area contributed by atoms with Crippen LogP contribution < -0.4 is 0 Å². The maximum atomic E-state index is 12.9. The number of ketones is 1. The van der Waals surface area contributed by atoms with Crippen LogP contribution in [0.1, 0.15) is 63.6 Å². The average molecular weight is 361 g/mol. The van der Waals surface area contributed by atoms with Gasteiger partial charge in [-0.2, -0.15) is 0 Å². The molecule has 0 amide bonds. The molecule has 1 aromatic rings. The summed E-state index contributed by atoms with van der Waals surface area (Å²) in [4.78, 5) is 12.9. The van der Waals surface area contributed by atoms with Crippen LogP contribution in [0, 0.1) is 11.8 Å². The number of rotatable bonds is 5. The van der Waals surface area contributed by atoms with Crippen molar-refractivity contribution in [3.05, 3.63) is 35.4 Å². The Labute approximate surface area is 153 Å². The molecule has 1 aliphatic carbocycles. The smallest absolute Gasteiger partial charge is 0.201 e. The lowest BCUT2D eigenvalue weighted by Crippen LogP contribution is -2.51. The highest BCUT2D eigenvalue weighted by atomic mass is 28.4. The van der Waals surface area contributed by atoms with Crippen molar-refractivity contribution < 1.29 is 14.0 Å². The fourth-order valence-electron chi connectivity index (χ4n) is 5.32. The molecule has 0 spiro atoms. The standard InChI is InChI=1S/C21H32O3Si/c1-13(2)25(14(3)4,15(5)6)24-21-17-10-8-7-9-16(17)20(22)18-11-23-12-19(18)21/h7-10,13-15,18-19,21H,11-12H2,1-6H3/t18-,19+,21+/m1/s1. The number of hydrogen-bond donors (Lipinski definition) is 0. The molecular formula is C21H32O3Si. The van der Waals surface area contributed by atoms with Gasteiger partial charge in [0.15, 0.2) is 5.78 Å². The van der Waals surface area contributed by atoms with Crippen LogP contribution in [-0.2, 0) is 9.16 Å². The Hall–Kier alpha value is -0.973. The Morgan fingerprint density at radius 3 is 2.20 bits per heavy atom. The number of carbonyl (C=O) groups excluding carboxylic acids is 1. The summed E-state index contributed by atoms with van der Waals surface area (Å²) in [7, 11) is -2.03. The summed E-state index contributed by atoms with van der Waals surface area (Å²) in [6, 6.07) is 8.04. The number of fused-ring (bicyclic) bond motifs is 2. The van der Waals surface area contributed by atoms with E-state index in [9.17, 15) is 4.79 Å². The van der Waals surface area contributed by atoms with Crippen molar-refractivity contribution in [1.29, 1.82) is 0 Å². The topological polar surface area (TPSA) is 35.5 Å². The van der Waals surface area contributed by atoms with Gasteiger partial charge >= 0.3 is 0 Å². The highest BCUT2D eigenvalue weighted by Gasteiger charge is 2.52. The molecule has 0 aromatic heterocycles. The highest BCUT2D eigenvalue weighted by molar-refractivity contribution is 6.77. The van der Waals surface area contributed by atoms with E-state index in [1.807, 2.05) is 18.2 Å². The van der Waals surface area contributed by atoms with Crippen LogP contribution >= 0.6 is 0 Å². The van der Waals surface area contributed by atoms with Gasteiger partial charge in [0.05, 0.1) is 25.2 Å². The number of carbonyl (C=O) groups is 1. The van der Waals surface area contributed by atoms with Crippen LogP contribution in [0.25, 0.3) is 0 Å². The molecule has 1 fully saturated rings. The fourth-order valence-corrected chi connectivity index (χ4v) is 10.9. The predicted octanol–water partition coefficient (Wildman–Crippen LogP) is 5.38. The van der Waals surface area contributed by atoms with E-state index in [0.717, 1.165) is 11.1 Å². The first-order valence-corrected chi connectivity index (χ1v) is 11.8. The minimum atomic E-state index is -2.03. The Morgan fingerprint density at radius 1 is 1.00 bits per heavy atom. The highest BCUT2D eigenvalue weighted by Crippen LogP contribution is 2.50. The van der Waals surface area contributed by atoms with Crippen molar-refractivity contribution in [2.45, 2.75) is 64.3 Å². The van der Waals surface area contributed by atoms with E-state index >= 15 is 0 Å². The van der Waals surface area contributed by atoms with Crippen LogP contribution in [0.3, 0.4) is 0 Å². The lowest BCUT2D eigenvalue weighted by atomic mass is 9.75. The van der Waals surface area contributed by atoms with Crippen LogP contribution in [-0.4, -0.2) is 27.3 Å². The number of hydrogen-bond acceptors (Lipinski definition) is 3. The molecule has 3 nitrogen and oxygen atoms in total. The third-order valence-corrected chi connectivity index (χ3v) is 12.5. The van der Waals surface area contributed by atoms with Gasteiger partial charge in [-0.25, -0.2) is 0 Å². The van der Waals surface area contributed by atoms with E-state index in [1.54, 1.807) is 0 Å². The third kappa shape index (κ3) is 2.92. The summed E-state index contributed by atoms with van der Waals surface area (Å²) in [5, 5.41) is 0. The average Bonchev–Trinajstić information content (AvgIpc) is 3.04. The molecule has 0 bridgehead atoms. The Balaban J connectivity index is 2.08. The van der Waals surface area contributed by atoms with Crippen molar-refractivity contribution in [2.24, 2.45) is 11.8 Å². The second-order valence-electron chi connectivity index (χ2n) is 8.62. The minimum Gasteiger partial charge on any atom is -0.409 e. The molecule has 25 heavy (non-hydrogen) atoms. The van der Waals surface area contributed by atoms with Crippen LogP contribution in [0.15, 0.2) is 24.3 Å². The summed E-state index contributed by atoms with van der Waals surface area (Å²) in [6.45, 7) is 15.1. The molecule has 0 radical (unpaired) electrons. The van der Waals surface area contributed by atoms with Crippen LogP contribution in [0.5, 0.6) is 0 Å². The number of ether oxygens (including phenoxy) is 1. The molecule has 1 aliphatic heterocycles. The van der Waals surface area contributed by atoms with Crippen LogP contribution in [0.2, 0.25) is 16.6 Å². The molecule has 1 heterocycles. The fraction of sp³-hybridized carbons (Fsp3) is 0.667. The first kappa shape index (κ1) is 18.8. The monoisotopic (exact) mass is 360 g/mol. The summed E-state index contributed by atoms with van der Waals surface area (Å²) >= 11 is 0. The molecule has 4 heteroatoms. The van der Waals surface area contributed by atoms with Crippen molar-refractivity contribution in [2.75, 3.05) is 13.2 Å². The van der Waals surface area contributed by atoms with Gasteiger partial charge in [0.1, 0.15) is 0 Å². The van der Waals surface area contributed by atoms with E-state index in [2.05, 4.69) is 47.6 Å². The maximum absolute atomic E-state index is 12.9. The van der Waals surface area contributed by atoms with E-state index in [-0.39, 0.29) is 23.7 Å². The van der Waals surface area contributed by atoms with Gasteiger partial charge in [-0.1, -0.05) is 65.8 Å². The van der Waals surface area contributed by atoms with Gasteiger partial charge in [0.25, 0.3) is 0 Å².